The summed E-state index contributed by atoms with van der Waals surface area (Å²) in [7, 11) is 0. The summed E-state index contributed by atoms with van der Waals surface area (Å²) in [6, 6.07) is 16.1. The quantitative estimate of drug-likeness (QED) is 0.534. The van der Waals surface area contributed by atoms with Gasteiger partial charge in [0.1, 0.15) is 17.6 Å². The van der Waals surface area contributed by atoms with Crippen LogP contribution in [0.5, 0.6) is 11.5 Å². The first-order valence-corrected chi connectivity index (χ1v) is 12.5. The molecule has 0 aromatic heterocycles. The van der Waals surface area contributed by atoms with Crippen LogP contribution in [0.2, 0.25) is 0 Å². The summed E-state index contributed by atoms with van der Waals surface area (Å²) in [5.74, 6) is 2.57. The number of hydrogen-bond acceptors (Lipinski definition) is 6. The van der Waals surface area contributed by atoms with Crippen LogP contribution in [0, 0.1) is 11.3 Å². The Morgan fingerprint density at radius 1 is 1.11 bits per heavy atom. The molecule has 0 bridgehead atoms. The minimum absolute atomic E-state index is 0.132. The number of amides is 1. The second kappa shape index (κ2) is 10.4. The molecule has 2 heterocycles. The van der Waals surface area contributed by atoms with Crippen LogP contribution in [0.4, 0.5) is 5.69 Å². The highest BCUT2D eigenvalue weighted by atomic mass is 16.5. The Kier molecular flexibility index (Phi) is 6.93. The number of nitrogens with one attached hydrogen (secondary N) is 2. The minimum Gasteiger partial charge on any atom is -0.493 e. The fourth-order valence-electron chi connectivity index (χ4n) is 4.39. The summed E-state index contributed by atoms with van der Waals surface area (Å²) in [6.45, 7) is 4.57. The van der Waals surface area contributed by atoms with E-state index in [4.69, 9.17) is 19.6 Å². The molecule has 2 fully saturated rings. The Balaban J connectivity index is 1.10. The van der Waals surface area contributed by atoms with E-state index in [1.54, 1.807) is 6.08 Å². The number of anilines is 1. The van der Waals surface area contributed by atoms with E-state index < -0.39 is 0 Å². The van der Waals surface area contributed by atoms with Gasteiger partial charge in [-0.15, -0.1) is 0 Å². The molecule has 7 nitrogen and oxygen atoms in total. The van der Waals surface area contributed by atoms with Crippen LogP contribution >= 0.6 is 0 Å². The molecule has 0 spiro atoms. The van der Waals surface area contributed by atoms with Gasteiger partial charge < -0.3 is 24.4 Å². The Hall–Kier alpha value is -3.48. The average molecular weight is 476 g/mol. The van der Waals surface area contributed by atoms with E-state index >= 15 is 0 Å². The van der Waals surface area contributed by atoms with E-state index in [9.17, 15) is 4.79 Å². The van der Waals surface area contributed by atoms with Gasteiger partial charge in [-0.2, -0.15) is 0 Å². The van der Waals surface area contributed by atoms with Crippen LogP contribution in [-0.4, -0.2) is 37.6 Å². The molecule has 184 valence electrons. The molecule has 2 N–H and O–H groups in total. The molecular weight excluding hydrogens is 442 g/mol. The van der Waals surface area contributed by atoms with Crippen molar-refractivity contribution < 1.29 is 19.0 Å². The van der Waals surface area contributed by atoms with Crippen molar-refractivity contribution in [2.24, 2.45) is 5.92 Å². The Morgan fingerprint density at radius 3 is 2.57 bits per heavy atom. The third-order valence-electron chi connectivity index (χ3n) is 6.72. The number of allylic oxidation sites excluding steroid dienone is 1. The van der Waals surface area contributed by atoms with Gasteiger partial charge >= 0.3 is 0 Å². The maximum absolute atomic E-state index is 12.4. The topological polar surface area (TPSA) is 83.9 Å². The molecule has 2 aromatic carbocycles. The van der Waals surface area contributed by atoms with E-state index in [1.807, 2.05) is 31.2 Å². The number of rotatable bonds is 9. The predicted molar refractivity (Wildman–Crippen MR) is 135 cm³/mol. The first kappa shape index (κ1) is 23.3. The van der Waals surface area contributed by atoms with Gasteiger partial charge in [0.2, 0.25) is 0 Å². The highest BCUT2D eigenvalue weighted by molar-refractivity contribution is 5.95. The summed E-state index contributed by atoms with van der Waals surface area (Å²) < 4.78 is 17.3. The SMILES string of the molecule is CC(NC(=O)C1=CCCC(=N)O1)c1ccc(OC2CCN(c3ccc(OCC4CC4)cc3)C2)cc1. The van der Waals surface area contributed by atoms with Crippen LogP contribution < -0.4 is 19.7 Å². The van der Waals surface area contributed by atoms with Crippen molar-refractivity contribution in [1.29, 1.82) is 5.41 Å². The molecule has 5 rings (SSSR count). The number of hydrogen-bond donors (Lipinski definition) is 2. The number of nitrogens with zero attached hydrogens (tertiary/aromatic N) is 1. The van der Waals surface area contributed by atoms with Crippen LogP contribution in [0.3, 0.4) is 0 Å². The summed E-state index contributed by atoms with van der Waals surface area (Å²) in [5, 5.41) is 10.5. The third-order valence-corrected chi connectivity index (χ3v) is 6.72. The average Bonchev–Trinajstić information content (AvgIpc) is 3.60. The van der Waals surface area contributed by atoms with Gasteiger partial charge in [-0.25, -0.2) is 0 Å². The summed E-state index contributed by atoms with van der Waals surface area (Å²) in [4.78, 5) is 14.8. The van der Waals surface area contributed by atoms with Crippen molar-refractivity contribution in [3.8, 4) is 11.5 Å². The van der Waals surface area contributed by atoms with E-state index in [0.29, 0.717) is 12.8 Å². The molecule has 2 aliphatic heterocycles. The smallest absolute Gasteiger partial charge is 0.287 e. The normalized spacial score (nSPS) is 20.6. The molecule has 2 unspecified atom stereocenters. The van der Waals surface area contributed by atoms with E-state index in [-0.39, 0.29) is 29.7 Å². The molecule has 0 radical (unpaired) electrons. The first-order chi connectivity index (χ1) is 17.0. The van der Waals surface area contributed by atoms with Crippen molar-refractivity contribution in [3.63, 3.8) is 0 Å². The fourth-order valence-corrected chi connectivity index (χ4v) is 4.39. The zero-order chi connectivity index (χ0) is 24.2. The van der Waals surface area contributed by atoms with E-state index in [2.05, 4.69) is 34.5 Å². The Bertz CT molecular complexity index is 1080. The highest BCUT2D eigenvalue weighted by Gasteiger charge is 2.25. The highest BCUT2D eigenvalue weighted by Crippen LogP contribution is 2.30. The van der Waals surface area contributed by atoms with E-state index in [1.165, 1.54) is 18.5 Å². The predicted octanol–water partition coefficient (Wildman–Crippen LogP) is 4.98. The lowest BCUT2D eigenvalue weighted by Gasteiger charge is -2.20. The van der Waals surface area contributed by atoms with Gasteiger partial charge in [0.05, 0.1) is 19.2 Å². The van der Waals surface area contributed by atoms with Crippen molar-refractivity contribution in [2.75, 3.05) is 24.6 Å². The summed E-state index contributed by atoms with van der Waals surface area (Å²) in [6.07, 6.45) is 6.62. The van der Waals surface area contributed by atoms with Crippen LogP contribution in [0.25, 0.3) is 0 Å². The lowest BCUT2D eigenvalue weighted by Crippen LogP contribution is -2.30. The molecule has 1 saturated heterocycles. The largest absolute Gasteiger partial charge is 0.493 e. The molecule has 2 atom stereocenters. The first-order valence-electron chi connectivity index (χ1n) is 12.5. The molecule has 3 aliphatic rings. The standard InChI is InChI=1S/C28H33N3O4/c1-19(30-28(32)26-3-2-4-27(29)35-26)21-7-11-24(12-8-21)34-25-15-16-31(17-25)22-9-13-23(14-10-22)33-18-20-5-6-20/h3,7-14,19-20,25,29H,2,4-6,15-18H2,1H3,(H,30,32). The second-order valence-corrected chi connectivity index (χ2v) is 9.62. The molecule has 35 heavy (non-hydrogen) atoms. The lowest BCUT2D eigenvalue weighted by atomic mass is 10.1. The van der Waals surface area contributed by atoms with E-state index in [0.717, 1.165) is 49.1 Å². The van der Waals surface area contributed by atoms with Crippen molar-refractivity contribution in [3.05, 3.63) is 65.9 Å². The summed E-state index contributed by atoms with van der Waals surface area (Å²) in [5.41, 5.74) is 2.18. The van der Waals surface area contributed by atoms with Crippen LogP contribution in [-0.2, 0) is 9.53 Å². The van der Waals surface area contributed by atoms with Crippen LogP contribution in [0.15, 0.2) is 60.4 Å². The van der Waals surface area contributed by atoms with Gasteiger partial charge in [0.25, 0.3) is 5.91 Å². The summed E-state index contributed by atoms with van der Waals surface area (Å²) >= 11 is 0. The fraction of sp³-hybridized carbons (Fsp3) is 0.429. The number of carbonyl (C=O) groups is 1. The molecule has 1 aliphatic carbocycles. The third kappa shape index (κ3) is 6.15. The van der Waals surface area contributed by atoms with Gasteiger partial charge in [0.15, 0.2) is 11.7 Å². The maximum atomic E-state index is 12.4. The monoisotopic (exact) mass is 475 g/mol. The maximum Gasteiger partial charge on any atom is 0.287 e. The zero-order valence-electron chi connectivity index (χ0n) is 20.2. The molecular formula is C28H33N3O4. The van der Waals surface area contributed by atoms with Gasteiger partial charge in [-0.05, 0) is 80.1 Å². The lowest BCUT2D eigenvalue weighted by molar-refractivity contribution is -0.120. The Labute approximate surface area is 206 Å². The van der Waals surface area contributed by atoms with Crippen molar-refractivity contribution >= 4 is 17.5 Å². The van der Waals surface area contributed by atoms with Gasteiger partial charge in [-0.3, -0.25) is 10.2 Å². The molecule has 7 heteroatoms. The molecule has 1 saturated carbocycles. The van der Waals surface area contributed by atoms with Crippen molar-refractivity contribution in [1.82, 2.24) is 5.32 Å². The molecule has 1 amide bonds. The van der Waals surface area contributed by atoms with Gasteiger partial charge in [0, 0.05) is 25.1 Å². The minimum atomic E-state index is -0.296. The number of benzene rings is 2. The second-order valence-electron chi connectivity index (χ2n) is 9.62. The number of carbonyl (C=O) groups excluding carboxylic acids is 1. The van der Waals surface area contributed by atoms with Crippen molar-refractivity contribution in [2.45, 2.75) is 51.2 Å². The van der Waals surface area contributed by atoms with Gasteiger partial charge in [-0.1, -0.05) is 12.1 Å². The van der Waals surface area contributed by atoms with Crippen LogP contribution in [0.1, 0.15) is 50.6 Å². The number of ether oxygens (including phenoxy) is 3. The molecule has 2 aromatic rings. The Morgan fingerprint density at radius 2 is 1.86 bits per heavy atom. The zero-order valence-corrected chi connectivity index (χ0v) is 20.2.